The van der Waals surface area contributed by atoms with Gasteiger partial charge in [-0.05, 0) is 25.5 Å². The fourth-order valence-electron chi connectivity index (χ4n) is 1.30. The zero-order chi connectivity index (χ0) is 11.3. The third-order valence-corrected chi connectivity index (χ3v) is 2.32. The second-order valence-electron chi connectivity index (χ2n) is 3.48. The van der Waals surface area contributed by atoms with E-state index < -0.39 is 6.10 Å². The summed E-state index contributed by atoms with van der Waals surface area (Å²) in [5.41, 5.74) is 0. The fraction of sp³-hybridized carbons (Fsp3) is 0.500. The van der Waals surface area contributed by atoms with Crippen LogP contribution in [0.5, 0.6) is 11.5 Å². The quantitative estimate of drug-likeness (QED) is 0.810. The number of hydrogen-bond donors (Lipinski definition) is 1. The summed E-state index contributed by atoms with van der Waals surface area (Å²) in [4.78, 5) is 0. The molecule has 3 heteroatoms. The van der Waals surface area contributed by atoms with E-state index in [1.807, 2.05) is 32.0 Å². The first-order valence-corrected chi connectivity index (χ1v) is 5.16. The lowest BCUT2D eigenvalue weighted by atomic mass is 10.2. The predicted octanol–water partition coefficient (Wildman–Crippen LogP) is 2.23. The number of aliphatic hydroxyl groups excluding tert-OH is 1. The lowest BCUT2D eigenvalue weighted by molar-refractivity contribution is 0.0450. The van der Waals surface area contributed by atoms with Crippen molar-refractivity contribution in [3.05, 3.63) is 24.3 Å². The summed E-state index contributed by atoms with van der Waals surface area (Å²) >= 11 is 0. The summed E-state index contributed by atoms with van der Waals surface area (Å²) in [5, 5.41) is 9.56. The Morgan fingerprint density at radius 3 is 2.60 bits per heavy atom. The van der Waals surface area contributed by atoms with Crippen LogP contribution in [0.2, 0.25) is 0 Å². The second kappa shape index (κ2) is 5.61. The van der Waals surface area contributed by atoms with Crippen molar-refractivity contribution in [2.75, 3.05) is 7.11 Å². The molecule has 1 rings (SSSR count). The molecule has 2 unspecified atom stereocenters. The van der Waals surface area contributed by atoms with Crippen molar-refractivity contribution >= 4 is 0 Å². The van der Waals surface area contributed by atoms with Crippen LogP contribution in [0.3, 0.4) is 0 Å². The second-order valence-corrected chi connectivity index (χ2v) is 3.48. The van der Waals surface area contributed by atoms with Gasteiger partial charge < -0.3 is 14.6 Å². The summed E-state index contributed by atoms with van der Waals surface area (Å²) < 4.78 is 10.7. The van der Waals surface area contributed by atoms with Crippen molar-refractivity contribution in [3.8, 4) is 11.5 Å². The molecule has 0 amide bonds. The number of hydrogen-bond acceptors (Lipinski definition) is 3. The Hall–Kier alpha value is -1.22. The van der Waals surface area contributed by atoms with Crippen molar-refractivity contribution < 1.29 is 14.6 Å². The van der Waals surface area contributed by atoms with Crippen LogP contribution in [0.1, 0.15) is 20.3 Å². The maximum Gasteiger partial charge on any atom is 0.123 e. The Balaban J connectivity index is 2.63. The molecule has 3 nitrogen and oxygen atoms in total. The van der Waals surface area contributed by atoms with Crippen LogP contribution in [0.15, 0.2) is 24.3 Å². The van der Waals surface area contributed by atoms with Crippen molar-refractivity contribution in [3.63, 3.8) is 0 Å². The molecule has 0 bridgehead atoms. The summed E-state index contributed by atoms with van der Waals surface area (Å²) in [6.07, 6.45) is 0.0452. The van der Waals surface area contributed by atoms with Crippen LogP contribution >= 0.6 is 0 Å². The molecule has 2 atom stereocenters. The number of methoxy groups -OCH3 is 1. The van der Waals surface area contributed by atoms with Gasteiger partial charge in [0.15, 0.2) is 0 Å². The summed E-state index contributed by atoms with van der Waals surface area (Å²) in [5.74, 6) is 1.47. The Morgan fingerprint density at radius 2 is 2.00 bits per heavy atom. The van der Waals surface area contributed by atoms with E-state index in [0.717, 1.165) is 5.75 Å². The lowest BCUT2D eigenvalue weighted by Crippen LogP contribution is -2.27. The highest BCUT2D eigenvalue weighted by molar-refractivity contribution is 5.32. The zero-order valence-corrected chi connectivity index (χ0v) is 9.43. The van der Waals surface area contributed by atoms with E-state index in [-0.39, 0.29) is 6.10 Å². The van der Waals surface area contributed by atoms with Crippen LogP contribution in [-0.2, 0) is 0 Å². The van der Waals surface area contributed by atoms with Gasteiger partial charge in [0, 0.05) is 6.07 Å². The molecular formula is C12H18O3. The van der Waals surface area contributed by atoms with Crippen molar-refractivity contribution in [2.45, 2.75) is 32.5 Å². The van der Waals surface area contributed by atoms with E-state index in [2.05, 4.69) is 0 Å². The standard InChI is InChI=1S/C12H18O3/c1-4-12(13)9(2)15-11-7-5-6-10(8-11)14-3/h5-9,12-13H,4H2,1-3H3. The average molecular weight is 210 g/mol. The average Bonchev–Trinajstić information content (AvgIpc) is 2.28. The van der Waals surface area contributed by atoms with Gasteiger partial charge in [-0.3, -0.25) is 0 Å². The normalized spacial score (nSPS) is 14.4. The molecule has 1 N–H and O–H groups in total. The molecule has 1 aromatic carbocycles. The molecule has 0 radical (unpaired) electrons. The van der Waals surface area contributed by atoms with Crippen LogP contribution in [0.25, 0.3) is 0 Å². The highest BCUT2D eigenvalue weighted by Gasteiger charge is 2.13. The first kappa shape index (κ1) is 11.9. The SMILES string of the molecule is CCC(O)C(C)Oc1cccc(OC)c1. The predicted molar refractivity (Wildman–Crippen MR) is 59.4 cm³/mol. The van der Waals surface area contributed by atoms with Crippen LogP contribution in [0, 0.1) is 0 Å². The highest BCUT2D eigenvalue weighted by Crippen LogP contribution is 2.20. The van der Waals surface area contributed by atoms with E-state index in [0.29, 0.717) is 12.2 Å². The zero-order valence-electron chi connectivity index (χ0n) is 9.43. The lowest BCUT2D eigenvalue weighted by Gasteiger charge is -2.19. The minimum absolute atomic E-state index is 0.206. The maximum atomic E-state index is 9.56. The van der Waals surface area contributed by atoms with Gasteiger partial charge in [0.2, 0.25) is 0 Å². The van der Waals surface area contributed by atoms with E-state index >= 15 is 0 Å². The molecule has 84 valence electrons. The molecule has 0 heterocycles. The van der Waals surface area contributed by atoms with Gasteiger partial charge in [0.1, 0.15) is 17.6 Å². The molecule has 0 saturated heterocycles. The highest BCUT2D eigenvalue weighted by atomic mass is 16.5. The van der Waals surface area contributed by atoms with E-state index in [1.54, 1.807) is 13.2 Å². The molecule has 0 aliphatic heterocycles. The molecule has 0 aliphatic rings. The number of benzene rings is 1. The molecule has 0 spiro atoms. The molecule has 0 aliphatic carbocycles. The molecule has 1 aromatic rings. The van der Waals surface area contributed by atoms with E-state index in [1.165, 1.54) is 0 Å². The Bertz CT molecular complexity index is 299. The first-order chi connectivity index (χ1) is 7.17. The molecular weight excluding hydrogens is 192 g/mol. The molecule has 0 saturated carbocycles. The first-order valence-electron chi connectivity index (χ1n) is 5.16. The number of rotatable bonds is 5. The van der Waals surface area contributed by atoms with E-state index in [9.17, 15) is 5.11 Å². The monoisotopic (exact) mass is 210 g/mol. The van der Waals surface area contributed by atoms with Crippen LogP contribution in [-0.4, -0.2) is 24.4 Å². The molecule has 15 heavy (non-hydrogen) atoms. The van der Waals surface area contributed by atoms with Gasteiger partial charge in [-0.1, -0.05) is 13.0 Å². The summed E-state index contributed by atoms with van der Waals surface area (Å²) in [6, 6.07) is 7.37. The third kappa shape index (κ3) is 3.44. The fourth-order valence-corrected chi connectivity index (χ4v) is 1.30. The van der Waals surface area contributed by atoms with Crippen LogP contribution < -0.4 is 9.47 Å². The van der Waals surface area contributed by atoms with Gasteiger partial charge in [-0.25, -0.2) is 0 Å². The molecule has 0 fully saturated rings. The summed E-state index contributed by atoms with van der Waals surface area (Å²) in [6.45, 7) is 3.78. The van der Waals surface area contributed by atoms with Crippen molar-refractivity contribution in [1.29, 1.82) is 0 Å². The Morgan fingerprint density at radius 1 is 1.33 bits per heavy atom. The van der Waals surface area contributed by atoms with Gasteiger partial charge >= 0.3 is 0 Å². The number of ether oxygens (including phenoxy) is 2. The topological polar surface area (TPSA) is 38.7 Å². The minimum Gasteiger partial charge on any atom is -0.497 e. The summed E-state index contributed by atoms with van der Waals surface area (Å²) in [7, 11) is 1.61. The van der Waals surface area contributed by atoms with Gasteiger partial charge in [-0.2, -0.15) is 0 Å². The third-order valence-electron chi connectivity index (χ3n) is 2.32. The Kier molecular flexibility index (Phi) is 4.43. The van der Waals surface area contributed by atoms with Crippen molar-refractivity contribution in [1.82, 2.24) is 0 Å². The molecule has 0 aromatic heterocycles. The largest absolute Gasteiger partial charge is 0.497 e. The van der Waals surface area contributed by atoms with E-state index in [4.69, 9.17) is 9.47 Å². The van der Waals surface area contributed by atoms with Crippen LogP contribution in [0.4, 0.5) is 0 Å². The van der Waals surface area contributed by atoms with Gasteiger partial charge in [0.05, 0.1) is 13.2 Å². The Labute approximate surface area is 90.6 Å². The number of aliphatic hydroxyl groups is 1. The van der Waals surface area contributed by atoms with Crippen molar-refractivity contribution in [2.24, 2.45) is 0 Å². The van der Waals surface area contributed by atoms with Gasteiger partial charge in [-0.15, -0.1) is 0 Å². The minimum atomic E-state index is -0.434. The smallest absolute Gasteiger partial charge is 0.123 e. The van der Waals surface area contributed by atoms with Gasteiger partial charge in [0.25, 0.3) is 0 Å². The maximum absolute atomic E-state index is 9.56.